The summed E-state index contributed by atoms with van der Waals surface area (Å²) in [6, 6.07) is 4.07. The molecule has 1 N–H and O–H groups in total. The highest BCUT2D eigenvalue weighted by Crippen LogP contribution is 2.72. The van der Waals surface area contributed by atoms with E-state index >= 15 is 0 Å². The Morgan fingerprint density at radius 2 is 1.90 bits per heavy atom. The van der Waals surface area contributed by atoms with Crippen LogP contribution in [-0.4, -0.2) is 12.2 Å². The Kier molecular flexibility index (Phi) is 2.94. The summed E-state index contributed by atoms with van der Waals surface area (Å²) in [5.74, 6) is 4.66. The Morgan fingerprint density at radius 3 is 2.50 bits per heavy atom. The molecule has 1 aromatic carbocycles. The summed E-state index contributed by atoms with van der Waals surface area (Å²) in [4.78, 5) is 0. The second kappa shape index (κ2) is 4.48. The van der Waals surface area contributed by atoms with E-state index in [-0.39, 0.29) is 6.10 Å². The smallest absolute Gasteiger partial charge is 0.125 e. The first-order valence-electron chi connectivity index (χ1n) is 7.64. The van der Waals surface area contributed by atoms with Crippen molar-refractivity contribution in [3.05, 3.63) is 27.7 Å². The SMILES string of the molecule is COc1cc(C)c(Br)cc1C(O)C1C2C3CCC(C3)C21. The standard InChI is InChI=1S/C17H21BrO2/c1-8-5-13(20-2)11(7-12(8)18)17(19)16-14-9-3-4-10(6-9)15(14)16/h5,7,9-10,14-17,19H,3-4,6H2,1-2H3. The minimum absolute atomic E-state index is 0.361. The maximum Gasteiger partial charge on any atom is 0.125 e. The van der Waals surface area contributed by atoms with Crippen molar-refractivity contribution in [2.24, 2.45) is 29.6 Å². The molecule has 5 atom stereocenters. The lowest BCUT2D eigenvalue weighted by Gasteiger charge is -2.19. The van der Waals surface area contributed by atoms with E-state index in [0.29, 0.717) is 5.92 Å². The van der Waals surface area contributed by atoms with E-state index in [9.17, 15) is 5.11 Å². The number of fused-ring (bicyclic) bond motifs is 5. The van der Waals surface area contributed by atoms with Crippen LogP contribution in [0, 0.1) is 36.5 Å². The highest BCUT2D eigenvalue weighted by molar-refractivity contribution is 9.10. The maximum atomic E-state index is 10.9. The van der Waals surface area contributed by atoms with Crippen LogP contribution in [0.2, 0.25) is 0 Å². The molecule has 20 heavy (non-hydrogen) atoms. The van der Waals surface area contributed by atoms with Gasteiger partial charge in [-0.25, -0.2) is 0 Å². The molecule has 3 aliphatic carbocycles. The van der Waals surface area contributed by atoms with Crippen molar-refractivity contribution < 1.29 is 9.84 Å². The first kappa shape index (κ1) is 13.1. The molecule has 2 bridgehead atoms. The Morgan fingerprint density at radius 1 is 1.25 bits per heavy atom. The summed E-state index contributed by atoms with van der Waals surface area (Å²) in [7, 11) is 1.69. The van der Waals surface area contributed by atoms with Gasteiger partial charge in [0.15, 0.2) is 0 Å². The molecule has 3 aliphatic rings. The quantitative estimate of drug-likeness (QED) is 0.900. The van der Waals surface area contributed by atoms with E-state index in [1.165, 1.54) is 19.3 Å². The van der Waals surface area contributed by atoms with Crippen LogP contribution in [0.5, 0.6) is 5.75 Å². The number of benzene rings is 1. The number of methoxy groups -OCH3 is 1. The summed E-state index contributed by atoms with van der Waals surface area (Å²) in [6.07, 6.45) is 3.85. The van der Waals surface area contributed by atoms with Crippen molar-refractivity contribution in [2.45, 2.75) is 32.3 Å². The van der Waals surface area contributed by atoms with Gasteiger partial charge in [-0.3, -0.25) is 0 Å². The third-order valence-corrected chi connectivity index (χ3v) is 6.84. The summed E-state index contributed by atoms with van der Waals surface area (Å²) < 4.78 is 6.55. The molecular weight excluding hydrogens is 316 g/mol. The monoisotopic (exact) mass is 336 g/mol. The lowest BCUT2D eigenvalue weighted by Crippen LogP contribution is -2.10. The van der Waals surface area contributed by atoms with Crippen LogP contribution in [0.3, 0.4) is 0 Å². The van der Waals surface area contributed by atoms with Gasteiger partial charge in [0.1, 0.15) is 5.75 Å². The Balaban J connectivity index is 1.64. The maximum absolute atomic E-state index is 10.9. The highest BCUT2D eigenvalue weighted by atomic mass is 79.9. The second-order valence-corrected chi connectivity index (χ2v) is 7.71. The van der Waals surface area contributed by atoms with Crippen LogP contribution in [0.4, 0.5) is 0 Å². The average molecular weight is 337 g/mol. The zero-order chi connectivity index (χ0) is 14.0. The fourth-order valence-corrected chi connectivity index (χ4v) is 5.46. The van der Waals surface area contributed by atoms with Gasteiger partial charge in [0, 0.05) is 10.0 Å². The first-order valence-corrected chi connectivity index (χ1v) is 8.43. The largest absolute Gasteiger partial charge is 0.496 e. The second-order valence-electron chi connectivity index (χ2n) is 6.85. The minimum Gasteiger partial charge on any atom is -0.496 e. The van der Waals surface area contributed by atoms with E-state index in [1.54, 1.807) is 7.11 Å². The molecule has 0 saturated heterocycles. The van der Waals surface area contributed by atoms with Gasteiger partial charge in [0.05, 0.1) is 13.2 Å². The van der Waals surface area contributed by atoms with Crippen LogP contribution >= 0.6 is 15.9 Å². The molecule has 0 heterocycles. The summed E-state index contributed by atoms with van der Waals surface area (Å²) in [5.41, 5.74) is 2.11. The summed E-state index contributed by atoms with van der Waals surface area (Å²) in [5, 5.41) is 10.9. The molecule has 0 radical (unpaired) electrons. The molecule has 108 valence electrons. The number of halogens is 1. The van der Waals surface area contributed by atoms with E-state index in [0.717, 1.165) is 45.0 Å². The number of ether oxygens (including phenoxy) is 1. The molecule has 3 fully saturated rings. The number of rotatable bonds is 3. The molecule has 4 rings (SSSR count). The Bertz CT molecular complexity index is 540. The predicted octanol–water partition coefficient (Wildman–Crippen LogP) is 4.09. The van der Waals surface area contributed by atoms with E-state index in [1.807, 2.05) is 6.07 Å². The molecule has 0 aromatic heterocycles. The van der Waals surface area contributed by atoms with E-state index in [4.69, 9.17) is 4.74 Å². The Labute approximate surface area is 128 Å². The van der Waals surface area contributed by atoms with Gasteiger partial charge in [-0.15, -0.1) is 0 Å². The van der Waals surface area contributed by atoms with Crippen LogP contribution in [0.1, 0.15) is 36.5 Å². The number of hydrogen-bond acceptors (Lipinski definition) is 2. The molecule has 0 spiro atoms. The lowest BCUT2D eigenvalue weighted by molar-refractivity contribution is 0.126. The molecule has 0 aliphatic heterocycles. The molecular formula is C17H21BrO2. The molecule has 2 nitrogen and oxygen atoms in total. The van der Waals surface area contributed by atoms with Crippen molar-refractivity contribution in [2.75, 3.05) is 7.11 Å². The molecule has 0 amide bonds. The third-order valence-electron chi connectivity index (χ3n) is 5.99. The fraction of sp³-hybridized carbons (Fsp3) is 0.647. The predicted molar refractivity (Wildman–Crippen MR) is 81.7 cm³/mol. The van der Waals surface area contributed by atoms with Gasteiger partial charge in [0.2, 0.25) is 0 Å². The average Bonchev–Trinajstić information content (AvgIpc) is 2.88. The first-order chi connectivity index (χ1) is 9.61. The van der Waals surface area contributed by atoms with Crippen molar-refractivity contribution in [3.8, 4) is 5.75 Å². The normalized spacial score (nSPS) is 38.7. The van der Waals surface area contributed by atoms with Crippen molar-refractivity contribution in [1.29, 1.82) is 0 Å². The van der Waals surface area contributed by atoms with Gasteiger partial charge in [-0.1, -0.05) is 15.9 Å². The third kappa shape index (κ3) is 1.72. The van der Waals surface area contributed by atoms with Crippen molar-refractivity contribution in [3.63, 3.8) is 0 Å². The van der Waals surface area contributed by atoms with Gasteiger partial charge >= 0.3 is 0 Å². The van der Waals surface area contributed by atoms with Crippen molar-refractivity contribution in [1.82, 2.24) is 0 Å². The number of aliphatic hydroxyl groups excluding tert-OH is 1. The van der Waals surface area contributed by atoms with Crippen LogP contribution < -0.4 is 4.74 Å². The number of hydrogen-bond donors (Lipinski definition) is 1. The van der Waals surface area contributed by atoms with Gasteiger partial charge in [-0.2, -0.15) is 0 Å². The van der Waals surface area contributed by atoms with Gasteiger partial charge in [0.25, 0.3) is 0 Å². The minimum atomic E-state index is -0.361. The zero-order valence-electron chi connectivity index (χ0n) is 12.0. The van der Waals surface area contributed by atoms with Crippen LogP contribution in [0.15, 0.2) is 16.6 Å². The fourth-order valence-electron chi connectivity index (χ4n) is 5.10. The lowest BCUT2D eigenvalue weighted by atomic mass is 9.94. The summed E-state index contributed by atoms with van der Waals surface area (Å²) >= 11 is 3.58. The number of aryl methyl sites for hydroxylation is 1. The Hall–Kier alpha value is -0.540. The molecule has 3 saturated carbocycles. The van der Waals surface area contributed by atoms with Crippen molar-refractivity contribution >= 4 is 15.9 Å². The van der Waals surface area contributed by atoms with E-state index < -0.39 is 0 Å². The molecule has 1 aromatic rings. The molecule has 3 heteroatoms. The zero-order valence-corrected chi connectivity index (χ0v) is 13.6. The van der Waals surface area contributed by atoms with Crippen LogP contribution in [-0.2, 0) is 0 Å². The van der Waals surface area contributed by atoms with Gasteiger partial charge < -0.3 is 9.84 Å². The van der Waals surface area contributed by atoms with E-state index in [2.05, 4.69) is 28.9 Å². The topological polar surface area (TPSA) is 29.5 Å². The molecule has 5 unspecified atom stereocenters. The van der Waals surface area contributed by atoms with Crippen LogP contribution in [0.25, 0.3) is 0 Å². The summed E-state index contributed by atoms with van der Waals surface area (Å²) in [6.45, 7) is 2.05. The van der Waals surface area contributed by atoms with Gasteiger partial charge in [-0.05, 0) is 73.5 Å². The highest BCUT2D eigenvalue weighted by Gasteiger charge is 2.67. The number of aliphatic hydroxyl groups is 1.